The Bertz CT molecular complexity index is 122. The Labute approximate surface area is 80.1 Å². The fourth-order valence-corrected chi connectivity index (χ4v) is 2.39. The van der Waals surface area contributed by atoms with E-state index in [2.05, 4.69) is 5.43 Å². The second-order valence-corrected chi connectivity index (χ2v) is 3.57. The Kier molecular flexibility index (Phi) is 4.12. The third-order valence-electron chi connectivity index (χ3n) is 3.05. The lowest BCUT2D eigenvalue weighted by atomic mass is 9.95. The van der Waals surface area contributed by atoms with Gasteiger partial charge in [0.05, 0.1) is 0 Å². The van der Waals surface area contributed by atoms with Crippen molar-refractivity contribution in [3.63, 3.8) is 0 Å². The van der Waals surface area contributed by atoms with E-state index in [4.69, 9.17) is 5.84 Å². The SMILES string of the molecule is Cl.Cl.NNC12CCC(CC1)C2. The first kappa shape index (κ1) is 11.5. The van der Waals surface area contributed by atoms with Crippen molar-refractivity contribution in [2.45, 2.75) is 37.6 Å². The number of fused-ring (bicyclic) bond motifs is 2. The van der Waals surface area contributed by atoms with Gasteiger partial charge in [-0.3, -0.25) is 11.3 Å². The van der Waals surface area contributed by atoms with Crippen LogP contribution in [-0.2, 0) is 0 Å². The number of nitrogens with two attached hydrogens (primary N) is 1. The molecular weight excluding hydrogens is 183 g/mol. The summed E-state index contributed by atoms with van der Waals surface area (Å²) in [5, 5.41) is 0. The molecule has 0 radical (unpaired) electrons. The highest BCUT2D eigenvalue weighted by Gasteiger charge is 2.43. The zero-order valence-corrected chi connectivity index (χ0v) is 8.14. The summed E-state index contributed by atoms with van der Waals surface area (Å²) < 4.78 is 0. The Balaban J connectivity index is 0.000000500. The van der Waals surface area contributed by atoms with Crippen molar-refractivity contribution in [2.75, 3.05) is 0 Å². The number of rotatable bonds is 1. The molecule has 3 N–H and O–H groups in total. The predicted molar refractivity (Wildman–Crippen MR) is 51.1 cm³/mol. The van der Waals surface area contributed by atoms with Crippen LogP contribution in [0.5, 0.6) is 0 Å². The fraction of sp³-hybridized carbons (Fsp3) is 1.00. The maximum atomic E-state index is 5.46. The van der Waals surface area contributed by atoms with E-state index in [9.17, 15) is 0 Å². The van der Waals surface area contributed by atoms with Crippen LogP contribution in [-0.4, -0.2) is 5.54 Å². The van der Waals surface area contributed by atoms with Crippen molar-refractivity contribution in [2.24, 2.45) is 11.8 Å². The third kappa shape index (κ3) is 1.81. The van der Waals surface area contributed by atoms with Crippen molar-refractivity contribution in [3.05, 3.63) is 0 Å². The van der Waals surface area contributed by atoms with Gasteiger partial charge in [0.2, 0.25) is 0 Å². The van der Waals surface area contributed by atoms with E-state index in [1.807, 2.05) is 0 Å². The first-order valence-corrected chi connectivity index (χ1v) is 3.82. The number of hydrazine groups is 1. The summed E-state index contributed by atoms with van der Waals surface area (Å²) in [5.74, 6) is 6.46. The van der Waals surface area contributed by atoms with Crippen molar-refractivity contribution in [1.82, 2.24) is 5.43 Å². The van der Waals surface area contributed by atoms with E-state index in [0.717, 1.165) is 5.92 Å². The van der Waals surface area contributed by atoms with Crippen molar-refractivity contribution < 1.29 is 0 Å². The summed E-state index contributed by atoms with van der Waals surface area (Å²) >= 11 is 0. The van der Waals surface area contributed by atoms with Gasteiger partial charge in [-0.2, -0.15) is 0 Å². The molecule has 0 amide bonds. The van der Waals surface area contributed by atoms with Crippen LogP contribution in [0.2, 0.25) is 0 Å². The molecule has 0 aromatic rings. The van der Waals surface area contributed by atoms with Gasteiger partial charge < -0.3 is 0 Å². The van der Waals surface area contributed by atoms with Gasteiger partial charge in [0.1, 0.15) is 0 Å². The molecule has 2 fully saturated rings. The summed E-state index contributed by atoms with van der Waals surface area (Å²) in [5.41, 5.74) is 3.35. The van der Waals surface area contributed by atoms with Crippen LogP contribution in [0.1, 0.15) is 32.1 Å². The molecule has 2 saturated carbocycles. The number of hydrogen-bond acceptors (Lipinski definition) is 2. The van der Waals surface area contributed by atoms with Crippen molar-refractivity contribution in [3.8, 4) is 0 Å². The highest BCUT2D eigenvalue weighted by atomic mass is 35.5. The molecule has 0 spiro atoms. The fourth-order valence-electron chi connectivity index (χ4n) is 2.39. The third-order valence-corrected chi connectivity index (χ3v) is 3.05. The maximum absolute atomic E-state index is 5.46. The number of halogens is 2. The normalized spacial score (nSPS) is 39.5. The monoisotopic (exact) mass is 198 g/mol. The highest BCUT2D eigenvalue weighted by Crippen LogP contribution is 2.46. The molecule has 68 valence electrons. The van der Waals surface area contributed by atoms with Crippen LogP contribution in [0.3, 0.4) is 0 Å². The van der Waals surface area contributed by atoms with Crippen molar-refractivity contribution >= 4 is 24.8 Å². The van der Waals surface area contributed by atoms with Crippen LogP contribution in [0.25, 0.3) is 0 Å². The van der Waals surface area contributed by atoms with Gasteiger partial charge in [-0.1, -0.05) is 0 Å². The van der Waals surface area contributed by atoms with Crippen LogP contribution < -0.4 is 11.3 Å². The predicted octanol–water partition coefficient (Wildman–Crippen LogP) is 1.63. The van der Waals surface area contributed by atoms with E-state index in [-0.39, 0.29) is 24.8 Å². The largest absolute Gasteiger partial charge is 0.271 e. The van der Waals surface area contributed by atoms with Gasteiger partial charge in [-0.05, 0) is 38.0 Å². The van der Waals surface area contributed by atoms with Gasteiger partial charge in [0.25, 0.3) is 0 Å². The molecule has 11 heavy (non-hydrogen) atoms. The minimum atomic E-state index is 0. The summed E-state index contributed by atoms with van der Waals surface area (Å²) in [6.45, 7) is 0. The minimum Gasteiger partial charge on any atom is -0.271 e. The Morgan fingerprint density at radius 3 is 1.91 bits per heavy atom. The molecule has 0 aromatic heterocycles. The topological polar surface area (TPSA) is 38.0 Å². The van der Waals surface area contributed by atoms with E-state index in [1.54, 1.807) is 0 Å². The van der Waals surface area contributed by atoms with Gasteiger partial charge in [-0.15, -0.1) is 24.8 Å². The lowest BCUT2D eigenvalue weighted by Crippen LogP contribution is -2.45. The first-order chi connectivity index (χ1) is 4.35. The van der Waals surface area contributed by atoms with E-state index >= 15 is 0 Å². The zero-order valence-electron chi connectivity index (χ0n) is 6.51. The van der Waals surface area contributed by atoms with Crippen LogP contribution in [0.4, 0.5) is 0 Å². The highest BCUT2D eigenvalue weighted by molar-refractivity contribution is 5.85. The summed E-state index contributed by atoms with van der Waals surface area (Å²) in [7, 11) is 0. The average molecular weight is 199 g/mol. The van der Waals surface area contributed by atoms with Gasteiger partial charge in [0.15, 0.2) is 0 Å². The molecule has 2 nitrogen and oxygen atoms in total. The first-order valence-electron chi connectivity index (χ1n) is 3.82. The van der Waals surface area contributed by atoms with Crippen molar-refractivity contribution in [1.29, 1.82) is 0 Å². The number of nitrogens with one attached hydrogen (secondary N) is 1. The molecule has 0 saturated heterocycles. The zero-order chi connectivity index (χ0) is 6.32. The van der Waals surface area contributed by atoms with Gasteiger partial charge in [0, 0.05) is 5.54 Å². The molecule has 0 unspecified atom stereocenters. The van der Waals surface area contributed by atoms with Crippen LogP contribution in [0, 0.1) is 5.92 Å². The quantitative estimate of drug-likeness (QED) is 0.497. The van der Waals surface area contributed by atoms with Crippen LogP contribution >= 0.6 is 24.8 Å². The molecule has 4 heteroatoms. The summed E-state index contributed by atoms with van der Waals surface area (Å²) in [6, 6.07) is 0. The maximum Gasteiger partial charge on any atom is 0.0324 e. The molecule has 0 aromatic carbocycles. The molecule has 2 bridgehead atoms. The summed E-state index contributed by atoms with van der Waals surface area (Å²) in [4.78, 5) is 0. The molecular formula is C7H16Cl2N2. The summed E-state index contributed by atoms with van der Waals surface area (Å²) in [6.07, 6.45) is 6.78. The van der Waals surface area contributed by atoms with E-state index in [0.29, 0.717) is 5.54 Å². The lowest BCUT2D eigenvalue weighted by Gasteiger charge is -2.24. The lowest BCUT2D eigenvalue weighted by molar-refractivity contribution is 0.333. The standard InChI is InChI=1S/C7H14N2.2ClH/c8-9-7-3-1-6(5-7)2-4-7;;/h6,9H,1-5,8H2;2*1H. The Hall–Kier alpha value is 0.500. The van der Waals surface area contributed by atoms with E-state index < -0.39 is 0 Å². The minimum absolute atomic E-state index is 0. The van der Waals surface area contributed by atoms with Gasteiger partial charge in [-0.25, -0.2) is 0 Å². The Morgan fingerprint density at radius 2 is 1.73 bits per heavy atom. The molecule has 0 atom stereocenters. The van der Waals surface area contributed by atoms with Gasteiger partial charge >= 0.3 is 0 Å². The molecule has 0 aliphatic heterocycles. The number of hydrogen-bond donors (Lipinski definition) is 2. The van der Waals surface area contributed by atoms with E-state index in [1.165, 1.54) is 32.1 Å². The molecule has 0 heterocycles. The smallest absolute Gasteiger partial charge is 0.0324 e. The Morgan fingerprint density at radius 1 is 1.18 bits per heavy atom. The molecule has 2 aliphatic rings. The second-order valence-electron chi connectivity index (χ2n) is 3.57. The average Bonchev–Trinajstić information content (AvgIpc) is 2.46. The van der Waals surface area contributed by atoms with Crippen LogP contribution in [0.15, 0.2) is 0 Å². The second kappa shape index (κ2) is 3.94. The molecule has 2 rings (SSSR count). The molecule has 2 aliphatic carbocycles.